The Morgan fingerprint density at radius 1 is 1.45 bits per heavy atom. The van der Waals surface area contributed by atoms with E-state index in [1.54, 1.807) is 35.4 Å². The molecule has 0 aliphatic carbocycles. The maximum Gasteiger partial charge on any atom is 0.272 e. The average Bonchev–Trinajstić information content (AvgIpc) is 3.03. The van der Waals surface area contributed by atoms with Crippen LogP contribution in [-0.4, -0.2) is 22.1 Å². The highest BCUT2D eigenvalue weighted by molar-refractivity contribution is 9.10. The molecule has 0 fully saturated rings. The molecule has 102 valence electrons. The van der Waals surface area contributed by atoms with Crippen LogP contribution in [0.2, 0.25) is 0 Å². The minimum absolute atomic E-state index is 0.162. The molecule has 0 aliphatic heterocycles. The SMILES string of the molecule is CSc1nc2ccc(NC(=O)c3cc(Br)c[nH]3)cc2s1. The lowest BCUT2D eigenvalue weighted by atomic mass is 10.3. The molecule has 1 aromatic carbocycles. The number of thioether (sulfide) groups is 1. The van der Waals surface area contributed by atoms with Gasteiger partial charge < -0.3 is 10.3 Å². The van der Waals surface area contributed by atoms with E-state index in [9.17, 15) is 4.79 Å². The molecule has 20 heavy (non-hydrogen) atoms. The molecule has 0 spiro atoms. The van der Waals surface area contributed by atoms with Crippen molar-refractivity contribution in [3.05, 3.63) is 40.6 Å². The maximum atomic E-state index is 12.0. The van der Waals surface area contributed by atoms with Crippen molar-refractivity contribution in [2.45, 2.75) is 4.34 Å². The summed E-state index contributed by atoms with van der Waals surface area (Å²) in [6.45, 7) is 0. The van der Waals surface area contributed by atoms with Crippen molar-refractivity contribution in [2.24, 2.45) is 0 Å². The van der Waals surface area contributed by atoms with Gasteiger partial charge in [0.2, 0.25) is 0 Å². The number of amides is 1. The molecular formula is C13H10BrN3OS2. The zero-order valence-corrected chi connectivity index (χ0v) is 13.7. The van der Waals surface area contributed by atoms with E-state index < -0.39 is 0 Å². The number of H-pyrrole nitrogens is 1. The van der Waals surface area contributed by atoms with Gasteiger partial charge >= 0.3 is 0 Å². The van der Waals surface area contributed by atoms with Crippen LogP contribution in [0.15, 0.2) is 39.3 Å². The second kappa shape index (κ2) is 5.59. The maximum absolute atomic E-state index is 12.0. The summed E-state index contributed by atoms with van der Waals surface area (Å²) < 4.78 is 2.95. The summed E-state index contributed by atoms with van der Waals surface area (Å²) in [4.78, 5) is 19.4. The first-order valence-corrected chi connectivity index (χ1v) is 8.59. The molecule has 0 unspecified atom stereocenters. The molecule has 0 saturated carbocycles. The van der Waals surface area contributed by atoms with Gasteiger partial charge in [-0.15, -0.1) is 11.3 Å². The number of nitrogens with one attached hydrogen (secondary N) is 2. The van der Waals surface area contributed by atoms with Crippen LogP contribution in [0, 0.1) is 0 Å². The number of hydrogen-bond acceptors (Lipinski definition) is 4. The van der Waals surface area contributed by atoms with Crippen molar-refractivity contribution in [2.75, 3.05) is 11.6 Å². The highest BCUT2D eigenvalue weighted by Crippen LogP contribution is 2.30. The molecule has 3 rings (SSSR count). The number of aromatic amines is 1. The topological polar surface area (TPSA) is 57.8 Å². The average molecular weight is 368 g/mol. The molecule has 4 nitrogen and oxygen atoms in total. The van der Waals surface area contributed by atoms with E-state index in [-0.39, 0.29) is 5.91 Å². The molecule has 0 bridgehead atoms. The number of carbonyl (C=O) groups excluding carboxylic acids is 1. The molecule has 7 heteroatoms. The predicted octanol–water partition coefficient (Wildman–Crippen LogP) is 4.36. The van der Waals surface area contributed by atoms with E-state index in [1.165, 1.54) is 0 Å². The molecule has 0 aliphatic rings. The van der Waals surface area contributed by atoms with Gasteiger partial charge in [0.15, 0.2) is 4.34 Å². The summed E-state index contributed by atoms with van der Waals surface area (Å²) in [5.74, 6) is -0.162. The molecule has 2 heterocycles. The van der Waals surface area contributed by atoms with Gasteiger partial charge in [-0.25, -0.2) is 4.98 Å². The Morgan fingerprint density at radius 2 is 2.30 bits per heavy atom. The molecule has 0 atom stereocenters. The summed E-state index contributed by atoms with van der Waals surface area (Å²) in [6, 6.07) is 7.48. The van der Waals surface area contributed by atoms with E-state index in [0.717, 1.165) is 24.7 Å². The number of benzene rings is 1. The highest BCUT2D eigenvalue weighted by Gasteiger charge is 2.09. The lowest BCUT2D eigenvalue weighted by Crippen LogP contribution is -2.11. The third kappa shape index (κ3) is 2.74. The number of rotatable bonds is 3. The van der Waals surface area contributed by atoms with Crippen LogP contribution in [0.3, 0.4) is 0 Å². The molecule has 0 saturated heterocycles. The summed E-state index contributed by atoms with van der Waals surface area (Å²) in [7, 11) is 0. The fourth-order valence-electron chi connectivity index (χ4n) is 1.77. The molecule has 3 aromatic rings. The molecule has 0 radical (unpaired) electrons. The van der Waals surface area contributed by atoms with Crippen LogP contribution < -0.4 is 5.32 Å². The Hall–Kier alpha value is -1.31. The molecule has 2 N–H and O–H groups in total. The van der Waals surface area contributed by atoms with Gasteiger partial charge in [-0.05, 0) is 46.5 Å². The van der Waals surface area contributed by atoms with Crippen LogP contribution in [0.4, 0.5) is 5.69 Å². The largest absolute Gasteiger partial charge is 0.356 e. The highest BCUT2D eigenvalue weighted by atomic mass is 79.9. The molecule has 2 aromatic heterocycles. The van der Waals surface area contributed by atoms with Crippen molar-refractivity contribution in [1.29, 1.82) is 0 Å². The van der Waals surface area contributed by atoms with Gasteiger partial charge in [0.25, 0.3) is 5.91 Å². The van der Waals surface area contributed by atoms with Gasteiger partial charge in [-0.2, -0.15) is 0 Å². The number of fused-ring (bicyclic) bond motifs is 1. The fourth-order valence-corrected chi connectivity index (χ4v) is 3.64. The fraction of sp³-hybridized carbons (Fsp3) is 0.0769. The standard InChI is InChI=1S/C13H10BrN3OS2/c1-19-13-17-9-3-2-8(5-11(9)20-13)16-12(18)10-4-7(14)6-15-10/h2-6,15H,1H3,(H,16,18). The van der Waals surface area contributed by atoms with E-state index in [4.69, 9.17) is 0 Å². The monoisotopic (exact) mass is 367 g/mol. The third-order valence-electron chi connectivity index (χ3n) is 2.69. The van der Waals surface area contributed by atoms with Crippen molar-refractivity contribution in [1.82, 2.24) is 9.97 Å². The smallest absolute Gasteiger partial charge is 0.272 e. The third-order valence-corrected chi connectivity index (χ3v) is 5.15. The Kier molecular flexibility index (Phi) is 3.82. The zero-order chi connectivity index (χ0) is 14.1. The van der Waals surface area contributed by atoms with Gasteiger partial charge in [-0.1, -0.05) is 11.8 Å². The summed E-state index contributed by atoms with van der Waals surface area (Å²) >= 11 is 6.56. The van der Waals surface area contributed by atoms with Gasteiger partial charge in [0.05, 0.1) is 10.2 Å². The second-order valence-electron chi connectivity index (χ2n) is 4.05. The van der Waals surface area contributed by atoms with Crippen LogP contribution in [0.1, 0.15) is 10.5 Å². The van der Waals surface area contributed by atoms with Crippen molar-refractivity contribution in [3.63, 3.8) is 0 Å². The van der Waals surface area contributed by atoms with E-state index in [1.807, 2.05) is 24.5 Å². The summed E-state index contributed by atoms with van der Waals surface area (Å²) in [6.07, 6.45) is 3.73. The summed E-state index contributed by atoms with van der Waals surface area (Å²) in [5.41, 5.74) is 2.25. The quantitative estimate of drug-likeness (QED) is 0.676. The first kappa shape index (κ1) is 13.7. The van der Waals surface area contributed by atoms with Crippen molar-refractivity contribution < 1.29 is 4.79 Å². The molecule has 1 amide bonds. The van der Waals surface area contributed by atoms with Crippen molar-refractivity contribution >= 4 is 60.8 Å². The second-order valence-corrected chi connectivity index (χ2v) is 7.05. The number of halogens is 1. The predicted molar refractivity (Wildman–Crippen MR) is 87.8 cm³/mol. The van der Waals surface area contributed by atoms with Gasteiger partial charge in [0, 0.05) is 16.4 Å². The lowest BCUT2D eigenvalue weighted by molar-refractivity contribution is 0.102. The first-order valence-electron chi connectivity index (χ1n) is 5.75. The Labute approximate surface area is 132 Å². The number of nitrogens with zero attached hydrogens (tertiary/aromatic N) is 1. The van der Waals surface area contributed by atoms with E-state index in [0.29, 0.717) is 5.69 Å². The Balaban J connectivity index is 1.85. The first-order chi connectivity index (χ1) is 9.65. The van der Waals surface area contributed by atoms with Crippen molar-refractivity contribution in [3.8, 4) is 0 Å². The minimum Gasteiger partial charge on any atom is -0.356 e. The van der Waals surface area contributed by atoms with Crippen LogP contribution in [0.25, 0.3) is 10.2 Å². The van der Waals surface area contributed by atoms with Gasteiger partial charge in [-0.3, -0.25) is 4.79 Å². The minimum atomic E-state index is -0.162. The van der Waals surface area contributed by atoms with E-state index in [2.05, 4.69) is 31.2 Å². The molecular weight excluding hydrogens is 358 g/mol. The van der Waals surface area contributed by atoms with Crippen LogP contribution in [-0.2, 0) is 0 Å². The zero-order valence-electron chi connectivity index (χ0n) is 10.4. The Morgan fingerprint density at radius 3 is 3.00 bits per heavy atom. The number of aromatic nitrogens is 2. The normalized spacial score (nSPS) is 10.9. The van der Waals surface area contributed by atoms with Crippen LogP contribution in [0.5, 0.6) is 0 Å². The number of carbonyl (C=O) groups is 1. The number of anilines is 1. The van der Waals surface area contributed by atoms with Crippen LogP contribution >= 0.6 is 39.0 Å². The van der Waals surface area contributed by atoms with Gasteiger partial charge in [0.1, 0.15) is 5.69 Å². The number of thiazole rings is 1. The summed E-state index contributed by atoms with van der Waals surface area (Å²) in [5, 5.41) is 2.87. The Bertz CT molecular complexity index is 781. The lowest BCUT2D eigenvalue weighted by Gasteiger charge is -2.03. The number of hydrogen-bond donors (Lipinski definition) is 2. The van der Waals surface area contributed by atoms with E-state index >= 15 is 0 Å².